The van der Waals surface area contributed by atoms with E-state index in [0.29, 0.717) is 29.1 Å². The van der Waals surface area contributed by atoms with Crippen LogP contribution < -0.4 is 10.6 Å². The molecule has 0 saturated heterocycles. The Labute approximate surface area is 200 Å². The number of carbonyl (C=O) groups excluding carboxylic acids is 2. The summed E-state index contributed by atoms with van der Waals surface area (Å²) >= 11 is 3.20. The van der Waals surface area contributed by atoms with Gasteiger partial charge in [0.05, 0.1) is 28.5 Å². The highest BCUT2D eigenvalue weighted by Gasteiger charge is 2.14. The van der Waals surface area contributed by atoms with Gasteiger partial charge in [-0.2, -0.15) is 0 Å². The molecule has 2 N–H and O–H groups in total. The molecule has 0 spiro atoms. The number of amides is 2. The first-order chi connectivity index (χ1) is 16.1. The van der Waals surface area contributed by atoms with E-state index in [1.807, 2.05) is 48.7 Å². The van der Waals surface area contributed by atoms with Crippen LogP contribution in [0, 0.1) is 6.92 Å². The Balaban J connectivity index is 1.41. The molecule has 0 atom stereocenters. The topological polar surface area (TPSA) is 84.0 Å². The second-order valence-corrected chi connectivity index (χ2v) is 9.26. The molecule has 0 radical (unpaired) electrons. The lowest BCUT2D eigenvalue weighted by Gasteiger charge is -2.11. The van der Waals surface area contributed by atoms with Gasteiger partial charge in [-0.05, 0) is 49.4 Å². The lowest BCUT2D eigenvalue weighted by molar-refractivity contribution is 0.0949. The van der Waals surface area contributed by atoms with E-state index in [4.69, 9.17) is 0 Å². The largest absolute Gasteiger partial charge is 0.346 e. The summed E-state index contributed by atoms with van der Waals surface area (Å²) in [5.74, 6) is 0.241. The van der Waals surface area contributed by atoms with Gasteiger partial charge in [-0.1, -0.05) is 24.3 Å². The molecule has 4 aromatic rings. The molecule has 0 fully saturated rings. The fourth-order valence-electron chi connectivity index (χ4n) is 3.12. The number of hydrogen-bond acceptors (Lipinski definition) is 6. The maximum absolute atomic E-state index is 13.0. The van der Waals surface area contributed by atoms with Crippen LogP contribution in [0.5, 0.6) is 0 Å². The maximum atomic E-state index is 13.0. The van der Waals surface area contributed by atoms with Gasteiger partial charge in [-0.3, -0.25) is 14.6 Å². The minimum atomic E-state index is -0.230. The van der Waals surface area contributed by atoms with Crippen LogP contribution in [0.4, 0.5) is 5.69 Å². The standard InChI is InChI=1S/C25H22N4O2S2/c1-17-28-21(15-32-17)16-33-23-11-3-2-10-22(23)25(31)29-19-9-6-7-18(13-19)24(30)27-14-20-8-4-5-12-26-20/h2-13,15H,14,16H2,1H3,(H,27,30)(H,29,31). The molecule has 0 bridgehead atoms. The van der Waals surface area contributed by atoms with Gasteiger partial charge in [-0.15, -0.1) is 23.1 Å². The third kappa shape index (κ3) is 6.27. The number of pyridine rings is 1. The van der Waals surface area contributed by atoms with E-state index in [1.165, 1.54) is 0 Å². The molecule has 0 aliphatic carbocycles. The van der Waals surface area contributed by atoms with Crippen LogP contribution in [0.1, 0.15) is 37.1 Å². The number of nitrogens with one attached hydrogen (secondary N) is 2. The fourth-order valence-corrected chi connectivity index (χ4v) is 4.78. The monoisotopic (exact) mass is 474 g/mol. The number of carbonyl (C=O) groups is 2. The number of anilines is 1. The molecule has 8 heteroatoms. The number of rotatable bonds is 8. The average Bonchev–Trinajstić information content (AvgIpc) is 3.27. The van der Waals surface area contributed by atoms with Gasteiger partial charge in [0.15, 0.2) is 0 Å². The number of benzene rings is 2. The number of thioether (sulfide) groups is 1. The normalized spacial score (nSPS) is 10.6. The van der Waals surface area contributed by atoms with E-state index in [0.717, 1.165) is 21.3 Å². The summed E-state index contributed by atoms with van der Waals surface area (Å²) in [5, 5.41) is 8.83. The zero-order valence-electron chi connectivity index (χ0n) is 17.9. The molecule has 0 aliphatic rings. The van der Waals surface area contributed by atoms with Crippen LogP contribution in [-0.2, 0) is 12.3 Å². The van der Waals surface area contributed by atoms with Crippen molar-refractivity contribution in [1.29, 1.82) is 0 Å². The molecule has 4 rings (SSSR count). The van der Waals surface area contributed by atoms with Crippen LogP contribution in [-0.4, -0.2) is 21.8 Å². The second-order valence-electron chi connectivity index (χ2n) is 7.18. The molecular weight excluding hydrogens is 452 g/mol. The first-order valence-electron chi connectivity index (χ1n) is 10.3. The summed E-state index contributed by atoms with van der Waals surface area (Å²) in [6, 6.07) is 19.9. The molecule has 0 aliphatic heterocycles. The number of thiazole rings is 1. The fraction of sp³-hybridized carbons (Fsp3) is 0.120. The molecule has 2 heterocycles. The molecule has 166 valence electrons. The quantitative estimate of drug-likeness (QED) is 0.338. The van der Waals surface area contributed by atoms with Gasteiger partial charge in [0.1, 0.15) is 0 Å². The van der Waals surface area contributed by atoms with Crippen molar-refractivity contribution in [2.24, 2.45) is 0 Å². The number of aryl methyl sites for hydroxylation is 1. The van der Waals surface area contributed by atoms with Gasteiger partial charge in [0.2, 0.25) is 0 Å². The predicted octanol–water partition coefficient (Wildman–Crippen LogP) is 5.32. The SMILES string of the molecule is Cc1nc(CSc2ccccc2C(=O)Nc2cccc(C(=O)NCc3ccccn3)c2)cs1. The Morgan fingerprint density at radius 3 is 2.61 bits per heavy atom. The number of hydrogen-bond donors (Lipinski definition) is 2. The predicted molar refractivity (Wildman–Crippen MR) is 133 cm³/mol. The van der Waals surface area contributed by atoms with E-state index < -0.39 is 0 Å². The van der Waals surface area contributed by atoms with Gasteiger partial charge in [0.25, 0.3) is 11.8 Å². The van der Waals surface area contributed by atoms with Crippen LogP contribution in [0.2, 0.25) is 0 Å². The van der Waals surface area contributed by atoms with Crippen molar-refractivity contribution in [3.63, 3.8) is 0 Å². The van der Waals surface area contributed by atoms with Crippen LogP contribution >= 0.6 is 23.1 Å². The Bertz CT molecular complexity index is 1260. The molecule has 6 nitrogen and oxygen atoms in total. The highest BCUT2D eigenvalue weighted by Crippen LogP contribution is 2.27. The van der Waals surface area contributed by atoms with Crippen molar-refractivity contribution in [3.8, 4) is 0 Å². The summed E-state index contributed by atoms with van der Waals surface area (Å²) in [6.45, 7) is 2.31. The van der Waals surface area contributed by atoms with Crippen molar-refractivity contribution in [2.75, 3.05) is 5.32 Å². The van der Waals surface area contributed by atoms with Gasteiger partial charge in [0, 0.05) is 33.5 Å². The first kappa shape index (κ1) is 22.7. The van der Waals surface area contributed by atoms with E-state index in [2.05, 4.69) is 20.6 Å². The van der Waals surface area contributed by atoms with Crippen molar-refractivity contribution in [3.05, 3.63) is 106 Å². The Morgan fingerprint density at radius 1 is 0.970 bits per heavy atom. The lowest BCUT2D eigenvalue weighted by atomic mass is 10.1. The molecule has 2 amide bonds. The Hall–Kier alpha value is -3.49. The molecule has 0 unspecified atom stereocenters. The zero-order valence-corrected chi connectivity index (χ0v) is 19.6. The molecule has 0 saturated carbocycles. The zero-order chi connectivity index (χ0) is 23.0. The second kappa shape index (κ2) is 10.9. The summed E-state index contributed by atoms with van der Waals surface area (Å²) < 4.78 is 0. The lowest BCUT2D eigenvalue weighted by Crippen LogP contribution is -2.23. The van der Waals surface area contributed by atoms with E-state index in [1.54, 1.807) is 59.6 Å². The van der Waals surface area contributed by atoms with E-state index in [9.17, 15) is 9.59 Å². The van der Waals surface area contributed by atoms with Crippen LogP contribution in [0.15, 0.2) is 83.2 Å². The smallest absolute Gasteiger partial charge is 0.256 e. The van der Waals surface area contributed by atoms with E-state index in [-0.39, 0.29) is 11.8 Å². The van der Waals surface area contributed by atoms with Crippen molar-refractivity contribution >= 4 is 40.6 Å². The molecular formula is C25H22N4O2S2. The highest BCUT2D eigenvalue weighted by molar-refractivity contribution is 7.98. The van der Waals surface area contributed by atoms with Gasteiger partial charge < -0.3 is 10.6 Å². The third-order valence-corrected chi connectivity index (χ3v) is 6.64. The van der Waals surface area contributed by atoms with Crippen molar-refractivity contribution in [1.82, 2.24) is 15.3 Å². The van der Waals surface area contributed by atoms with Crippen molar-refractivity contribution in [2.45, 2.75) is 24.1 Å². The minimum absolute atomic E-state index is 0.224. The molecule has 33 heavy (non-hydrogen) atoms. The van der Waals surface area contributed by atoms with E-state index >= 15 is 0 Å². The first-order valence-corrected chi connectivity index (χ1v) is 12.2. The number of nitrogens with zero attached hydrogens (tertiary/aromatic N) is 2. The highest BCUT2D eigenvalue weighted by atomic mass is 32.2. The summed E-state index contributed by atoms with van der Waals surface area (Å²) in [5.41, 5.74) is 3.38. The number of aromatic nitrogens is 2. The summed E-state index contributed by atoms with van der Waals surface area (Å²) in [4.78, 5) is 35.1. The van der Waals surface area contributed by atoms with Gasteiger partial charge in [-0.25, -0.2) is 4.98 Å². The minimum Gasteiger partial charge on any atom is -0.346 e. The van der Waals surface area contributed by atoms with Crippen LogP contribution in [0.25, 0.3) is 0 Å². The Kier molecular flexibility index (Phi) is 7.49. The molecule has 2 aromatic carbocycles. The molecule has 2 aromatic heterocycles. The van der Waals surface area contributed by atoms with Crippen molar-refractivity contribution < 1.29 is 9.59 Å². The average molecular weight is 475 g/mol. The van der Waals surface area contributed by atoms with Crippen LogP contribution in [0.3, 0.4) is 0 Å². The summed E-state index contributed by atoms with van der Waals surface area (Å²) in [7, 11) is 0. The van der Waals surface area contributed by atoms with Gasteiger partial charge >= 0.3 is 0 Å². The summed E-state index contributed by atoms with van der Waals surface area (Å²) in [6.07, 6.45) is 1.69. The third-order valence-electron chi connectivity index (χ3n) is 4.71. The maximum Gasteiger partial charge on any atom is 0.256 e. The Morgan fingerprint density at radius 2 is 1.82 bits per heavy atom.